The summed E-state index contributed by atoms with van der Waals surface area (Å²) in [6.45, 7) is 2.04. The Kier molecular flexibility index (Phi) is 4.93. The van der Waals surface area contributed by atoms with E-state index >= 15 is 0 Å². The molecular formula is C15H15BrN2O3. The summed E-state index contributed by atoms with van der Waals surface area (Å²) >= 11 is 3.22. The van der Waals surface area contributed by atoms with E-state index in [0.717, 1.165) is 5.56 Å². The quantitative estimate of drug-likeness (QED) is 0.639. The fraction of sp³-hybridized carbons (Fsp3) is 0.200. The molecule has 2 aromatic rings. The van der Waals surface area contributed by atoms with Crippen molar-refractivity contribution >= 4 is 21.6 Å². The third kappa shape index (κ3) is 3.59. The summed E-state index contributed by atoms with van der Waals surface area (Å²) in [7, 11) is 1.88. The lowest BCUT2D eigenvalue weighted by atomic mass is 10.1. The first-order chi connectivity index (χ1) is 10.0. The second-order valence-corrected chi connectivity index (χ2v) is 5.32. The number of halogens is 1. The van der Waals surface area contributed by atoms with E-state index in [1.165, 1.54) is 6.07 Å². The molecule has 0 bridgehead atoms. The third-order valence-electron chi connectivity index (χ3n) is 3.16. The zero-order valence-electron chi connectivity index (χ0n) is 11.7. The molecule has 0 aliphatic rings. The molecule has 0 amide bonds. The molecule has 0 saturated carbocycles. The van der Waals surface area contributed by atoms with Crippen LogP contribution in [0.2, 0.25) is 0 Å². The van der Waals surface area contributed by atoms with Gasteiger partial charge in [-0.25, -0.2) is 0 Å². The van der Waals surface area contributed by atoms with E-state index in [1.807, 2.05) is 38.2 Å². The molecule has 0 aliphatic carbocycles. The average molecular weight is 351 g/mol. The van der Waals surface area contributed by atoms with E-state index in [1.54, 1.807) is 12.1 Å². The van der Waals surface area contributed by atoms with Crippen molar-refractivity contribution in [3.05, 3.63) is 62.6 Å². The Morgan fingerprint density at radius 3 is 2.67 bits per heavy atom. The zero-order chi connectivity index (χ0) is 15.4. The molecule has 2 aromatic carbocycles. The van der Waals surface area contributed by atoms with Crippen molar-refractivity contribution in [2.24, 2.45) is 0 Å². The van der Waals surface area contributed by atoms with Gasteiger partial charge in [0.05, 0.1) is 4.92 Å². The molecule has 0 spiro atoms. The minimum Gasteiger partial charge on any atom is -0.456 e. The predicted molar refractivity (Wildman–Crippen MR) is 84.8 cm³/mol. The standard InChI is InChI=1S/C15H15BrN2O3/c1-10(17-2)11-5-3-6-12(9-11)21-14-8-4-7-13(15(14)16)18(19)20/h3-10,17H,1-2H3. The van der Waals surface area contributed by atoms with Crippen molar-refractivity contribution in [1.29, 1.82) is 0 Å². The van der Waals surface area contributed by atoms with Crippen LogP contribution >= 0.6 is 15.9 Å². The Hall–Kier alpha value is -1.92. The van der Waals surface area contributed by atoms with Crippen LogP contribution in [0.15, 0.2) is 46.9 Å². The molecule has 5 nitrogen and oxygen atoms in total. The second-order valence-electron chi connectivity index (χ2n) is 4.53. The minimum atomic E-state index is -0.448. The van der Waals surface area contributed by atoms with Crippen LogP contribution in [0.5, 0.6) is 11.5 Å². The van der Waals surface area contributed by atoms with E-state index in [9.17, 15) is 10.1 Å². The Morgan fingerprint density at radius 2 is 2.00 bits per heavy atom. The summed E-state index contributed by atoms with van der Waals surface area (Å²) in [5.74, 6) is 1.05. The molecule has 1 N–H and O–H groups in total. The summed E-state index contributed by atoms with van der Waals surface area (Å²) in [6.07, 6.45) is 0. The molecule has 1 atom stereocenters. The second kappa shape index (κ2) is 6.69. The Labute approximate surface area is 131 Å². The summed E-state index contributed by atoms with van der Waals surface area (Å²) in [5.41, 5.74) is 1.06. The van der Waals surface area contributed by atoms with Gasteiger partial charge in [-0.3, -0.25) is 10.1 Å². The Bertz CT molecular complexity index is 661. The molecule has 0 fully saturated rings. The van der Waals surface area contributed by atoms with Crippen LogP contribution in [0.4, 0.5) is 5.69 Å². The van der Waals surface area contributed by atoms with Gasteiger partial charge in [0, 0.05) is 12.1 Å². The van der Waals surface area contributed by atoms with Crippen molar-refractivity contribution in [1.82, 2.24) is 5.32 Å². The first-order valence-electron chi connectivity index (χ1n) is 6.41. The van der Waals surface area contributed by atoms with Gasteiger partial charge in [-0.1, -0.05) is 18.2 Å². The fourth-order valence-corrected chi connectivity index (χ4v) is 2.35. The van der Waals surface area contributed by atoms with Crippen molar-refractivity contribution < 1.29 is 9.66 Å². The van der Waals surface area contributed by atoms with Gasteiger partial charge in [0.15, 0.2) is 0 Å². The molecule has 0 heterocycles. The van der Waals surface area contributed by atoms with Gasteiger partial charge in [-0.05, 0) is 53.7 Å². The highest BCUT2D eigenvalue weighted by Gasteiger charge is 2.16. The van der Waals surface area contributed by atoms with Crippen LogP contribution in [-0.2, 0) is 0 Å². The summed E-state index contributed by atoms with van der Waals surface area (Å²) < 4.78 is 6.09. The van der Waals surface area contributed by atoms with E-state index < -0.39 is 4.92 Å². The molecule has 0 aromatic heterocycles. The Balaban J connectivity index is 2.30. The fourth-order valence-electron chi connectivity index (χ4n) is 1.86. The normalized spacial score (nSPS) is 12.0. The average Bonchev–Trinajstić information content (AvgIpc) is 2.48. The third-order valence-corrected chi connectivity index (χ3v) is 3.96. The number of nitrogens with zero attached hydrogens (tertiary/aromatic N) is 1. The SMILES string of the molecule is CNC(C)c1cccc(Oc2cccc([N+](=O)[O-])c2Br)c1. The predicted octanol–water partition coefficient (Wildman–Crippen LogP) is 4.43. The van der Waals surface area contributed by atoms with Gasteiger partial charge >= 0.3 is 0 Å². The summed E-state index contributed by atoms with van der Waals surface area (Å²) in [5, 5.41) is 14.1. The topological polar surface area (TPSA) is 64.4 Å². The lowest BCUT2D eigenvalue weighted by molar-refractivity contribution is -0.385. The molecular weight excluding hydrogens is 336 g/mol. The maximum atomic E-state index is 10.9. The number of nitrogens with one attached hydrogen (secondary N) is 1. The van der Waals surface area contributed by atoms with Crippen LogP contribution in [0.3, 0.4) is 0 Å². The van der Waals surface area contributed by atoms with E-state index in [4.69, 9.17) is 4.74 Å². The van der Waals surface area contributed by atoms with E-state index in [2.05, 4.69) is 21.2 Å². The highest BCUT2D eigenvalue weighted by molar-refractivity contribution is 9.10. The number of nitro groups is 1. The molecule has 6 heteroatoms. The monoisotopic (exact) mass is 350 g/mol. The highest BCUT2D eigenvalue weighted by atomic mass is 79.9. The van der Waals surface area contributed by atoms with Crippen molar-refractivity contribution in [3.8, 4) is 11.5 Å². The number of rotatable bonds is 5. The van der Waals surface area contributed by atoms with Crippen LogP contribution in [-0.4, -0.2) is 12.0 Å². The van der Waals surface area contributed by atoms with Crippen LogP contribution in [0.25, 0.3) is 0 Å². The van der Waals surface area contributed by atoms with Crippen molar-refractivity contribution in [2.45, 2.75) is 13.0 Å². The minimum absolute atomic E-state index is 0.0211. The summed E-state index contributed by atoms with van der Waals surface area (Å²) in [4.78, 5) is 10.5. The molecule has 0 saturated heterocycles. The Morgan fingerprint density at radius 1 is 1.29 bits per heavy atom. The van der Waals surface area contributed by atoms with Gasteiger partial charge in [0.1, 0.15) is 16.0 Å². The highest BCUT2D eigenvalue weighted by Crippen LogP contribution is 2.36. The lowest BCUT2D eigenvalue weighted by Crippen LogP contribution is -2.12. The van der Waals surface area contributed by atoms with Crippen LogP contribution in [0.1, 0.15) is 18.5 Å². The first-order valence-corrected chi connectivity index (χ1v) is 7.20. The molecule has 2 rings (SSSR count). The largest absolute Gasteiger partial charge is 0.456 e. The number of benzene rings is 2. The van der Waals surface area contributed by atoms with Crippen LogP contribution < -0.4 is 10.1 Å². The lowest BCUT2D eigenvalue weighted by Gasteiger charge is -2.13. The zero-order valence-corrected chi connectivity index (χ0v) is 13.3. The maximum Gasteiger partial charge on any atom is 0.287 e. The van der Waals surface area contributed by atoms with Crippen molar-refractivity contribution in [2.75, 3.05) is 7.05 Å². The molecule has 0 radical (unpaired) electrons. The number of ether oxygens (including phenoxy) is 1. The van der Waals surface area contributed by atoms with E-state index in [0.29, 0.717) is 16.0 Å². The van der Waals surface area contributed by atoms with Gasteiger partial charge in [-0.2, -0.15) is 0 Å². The molecule has 1 unspecified atom stereocenters. The smallest absolute Gasteiger partial charge is 0.287 e. The number of nitro benzene ring substituents is 1. The van der Waals surface area contributed by atoms with Crippen LogP contribution in [0, 0.1) is 10.1 Å². The van der Waals surface area contributed by atoms with Gasteiger partial charge in [0.2, 0.25) is 0 Å². The molecule has 0 aliphatic heterocycles. The molecule has 21 heavy (non-hydrogen) atoms. The van der Waals surface area contributed by atoms with Gasteiger partial charge < -0.3 is 10.1 Å². The van der Waals surface area contributed by atoms with Gasteiger partial charge in [0.25, 0.3) is 5.69 Å². The van der Waals surface area contributed by atoms with Gasteiger partial charge in [-0.15, -0.1) is 0 Å². The van der Waals surface area contributed by atoms with Crippen molar-refractivity contribution in [3.63, 3.8) is 0 Å². The molecule has 110 valence electrons. The number of hydrogen-bond acceptors (Lipinski definition) is 4. The van der Waals surface area contributed by atoms with E-state index in [-0.39, 0.29) is 11.7 Å². The summed E-state index contributed by atoms with van der Waals surface area (Å²) in [6, 6.07) is 12.5. The number of hydrogen-bond donors (Lipinski definition) is 1. The first kappa shape index (κ1) is 15.5. The maximum absolute atomic E-state index is 10.9.